The SMILES string of the molecule is CC(C)C[C@@H](C(=O)O)C(=O)[C@@H]1CNCCN1. The van der Waals surface area contributed by atoms with Gasteiger partial charge in [-0.15, -0.1) is 0 Å². The van der Waals surface area contributed by atoms with E-state index in [0.29, 0.717) is 19.5 Å². The molecular weight excluding hydrogens is 208 g/mol. The molecule has 0 spiro atoms. The highest BCUT2D eigenvalue weighted by Crippen LogP contribution is 2.15. The number of Topliss-reactive ketones (excluding diaryl/α,β-unsaturated/α-hetero) is 1. The van der Waals surface area contributed by atoms with E-state index in [9.17, 15) is 9.59 Å². The Bertz CT molecular complexity index is 260. The number of nitrogens with one attached hydrogen (secondary N) is 2. The van der Waals surface area contributed by atoms with Gasteiger partial charge in [0.15, 0.2) is 5.78 Å². The number of carboxylic acid groups (broad SMARTS) is 1. The number of carbonyl (C=O) groups is 2. The lowest BCUT2D eigenvalue weighted by Gasteiger charge is -2.26. The first kappa shape index (κ1) is 13.1. The summed E-state index contributed by atoms with van der Waals surface area (Å²) < 4.78 is 0. The van der Waals surface area contributed by atoms with E-state index in [-0.39, 0.29) is 17.7 Å². The highest BCUT2D eigenvalue weighted by atomic mass is 16.4. The molecule has 1 aliphatic heterocycles. The summed E-state index contributed by atoms with van der Waals surface area (Å²) in [5.74, 6) is -1.88. The van der Waals surface area contributed by atoms with E-state index in [4.69, 9.17) is 5.11 Å². The minimum absolute atomic E-state index is 0.201. The summed E-state index contributed by atoms with van der Waals surface area (Å²) in [6, 6.07) is -0.353. The molecule has 92 valence electrons. The van der Waals surface area contributed by atoms with Crippen LogP contribution >= 0.6 is 0 Å². The van der Waals surface area contributed by atoms with E-state index in [1.807, 2.05) is 13.8 Å². The lowest BCUT2D eigenvalue weighted by atomic mass is 9.89. The van der Waals surface area contributed by atoms with Crippen molar-refractivity contribution in [2.75, 3.05) is 19.6 Å². The van der Waals surface area contributed by atoms with Gasteiger partial charge >= 0.3 is 5.97 Å². The van der Waals surface area contributed by atoms with Gasteiger partial charge in [0.2, 0.25) is 0 Å². The normalized spacial score (nSPS) is 23.1. The molecule has 0 aromatic rings. The Morgan fingerprint density at radius 3 is 2.50 bits per heavy atom. The maximum absolute atomic E-state index is 12.0. The summed E-state index contributed by atoms with van der Waals surface area (Å²) in [6.45, 7) is 5.92. The van der Waals surface area contributed by atoms with Crippen LogP contribution in [-0.4, -0.2) is 42.5 Å². The lowest BCUT2D eigenvalue weighted by Crippen LogP contribution is -2.54. The Kier molecular flexibility index (Phi) is 4.89. The first-order valence-electron chi connectivity index (χ1n) is 5.73. The van der Waals surface area contributed by atoms with Crippen LogP contribution < -0.4 is 10.6 Å². The van der Waals surface area contributed by atoms with E-state index in [1.54, 1.807) is 0 Å². The molecule has 0 unspecified atom stereocenters. The quantitative estimate of drug-likeness (QED) is 0.571. The van der Waals surface area contributed by atoms with Crippen molar-refractivity contribution in [2.45, 2.75) is 26.3 Å². The number of hydrogen-bond acceptors (Lipinski definition) is 4. The molecule has 0 bridgehead atoms. The Labute approximate surface area is 95.6 Å². The lowest BCUT2D eigenvalue weighted by molar-refractivity contribution is -0.147. The molecule has 1 fully saturated rings. The Hall–Kier alpha value is -0.940. The zero-order valence-electron chi connectivity index (χ0n) is 9.82. The first-order chi connectivity index (χ1) is 7.52. The molecule has 0 radical (unpaired) electrons. The average molecular weight is 228 g/mol. The first-order valence-corrected chi connectivity index (χ1v) is 5.73. The molecular formula is C11H20N2O3. The summed E-state index contributed by atoms with van der Waals surface area (Å²) in [5.41, 5.74) is 0. The third-order valence-electron chi connectivity index (χ3n) is 2.73. The third-order valence-corrected chi connectivity index (χ3v) is 2.73. The summed E-state index contributed by atoms with van der Waals surface area (Å²) in [7, 11) is 0. The molecule has 0 aromatic heterocycles. The van der Waals surface area contributed by atoms with E-state index < -0.39 is 11.9 Å². The van der Waals surface area contributed by atoms with Gasteiger partial charge in [-0.2, -0.15) is 0 Å². The van der Waals surface area contributed by atoms with Crippen LogP contribution in [-0.2, 0) is 9.59 Å². The number of hydrogen-bond donors (Lipinski definition) is 3. The molecule has 0 amide bonds. The van der Waals surface area contributed by atoms with Crippen molar-refractivity contribution in [3.05, 3.63) is 0 Å². The summed E-state index contributed by atoms with van der Waals surface area (Å²) >= 11 is 0. The van der Waals surface area contributed by atoms with Gasteiger partial charge in [-0.3, -0.25) is 9.59 Å². The second-order valence-electron chi connectivity index (χ2n) is 4.63. The van der Waals surface area contributed by atoms with Crippen molar-refractivity contribution in [2.24, 2.45) is 11.8 Å². The number of carbonyl (C=O) groups excluding carboxylic acids is 1. The smallest absolute Gasteiger partial charge is 0.314 e. The predicted molar refractivity (Wildman–Crippen MR) is 60.2 cm³/mol. The van der Waals surface area contributed by atoms with Gasteiger partial charge in [0, 0.05) is 19.6 Å². The fourth-order valence-electron chi connectivity index (χ4n) is 1.91. The Balaban J connectivity index is 2.62. The molecule has 1 rings (SSSR count). The van der Waals surface area contributed by atoms with Gasteiger partial charge in [-0.05, 0) is 12.3 Å². The molecule has 2 atom stereocenters. The van der Waals surface area contributed by atoms with Crippen LogP contribution in [0.4, 0.5) is 0 Å². The molecule has 5 nitrogen and oxygen atoms in total. The van der Waals surface area contributed by atoms with Crippen LogP contribution in [0.2, 0.25) is 0 Å². The van der Waals surface area contributed by atoms with E-state index in [0.717, 1.165) is 6.54 Å². The molecule has 1 heterocycles. The number of rotatable bonds is 5. The minimum Gasteiger partial charge on any atom is -0.481 e. The van der Waals surface area contributed by atoms with Gasteiger partial charge in [-0.1, -0.05) is 13.8 Å². The number of ketones is 1. The largest absolute Gasteiger partial charge is 0.481 e. The fourth-order valence-corrected chi connectivity index (χ4v) is 1.91. The molecule has 5 heteroatoms. The topological polar surface area (TPSA) is 78.4 Å². The molecule has 0 aliphatic carbocycles. The van der Waals surface area contributed by atoms with Crippen LogP contribution in [0.3, 0.4) is 0 Å². The summed E-state index contributed by atoms with van der Waals surface area (Å²) in [4.78, 5) is 23.0. The van der Waals surface area contributed by atoms with Gasteiger partial charge in [0.05, 0.1) is 6.04 Å². The highest BCUT2D eigenvalue weighted by molar-refractivity contribution is 6.01. The van der Waals surface area contributed by atoms with Crippen molar-refractivity contribution in [3.63, 3.8) is 0 Å². The molecule has 3 N–H and O–H groups in total. The second kappa shape index (κ2) is 5.96. The maximum Gasteiger partial charge on any atom is 0.314 e. The van der Waals surface area contributed by atoms with E-state index >= 15 is 0 Å². The minimum atomic E-state index is -1.01. The maximum atomic E-state index is 12.0. The van der Waals surface area contributed by atoms with Crippen molar-refractivity contribution in [3.8, 4) is 0 Å². The molecule has 1 saturated heterocycles. The predicted octanol–water partition coefficient (Wildman–Crippen LogP) is -0.136. The van der Waals surface area contributed by atoms with Crippen molar-refractivity contribution < 1.29 is 14.7 Å². The van der Waals surface area contributed by atoms with Crippen molar-refractivity contribution >= 4 is 11.8 Å². The average Bonchev–Trinajstić information content (AvgIpc) is 2.25. The van der Waals surface area contributed by atoms with E-state index in [1.165, 1.54) is 0 Å². The van der Waals surface area contributed by atoms with Crippen LogP contribution in [0.5, 0.6) is 0 Å². The van der Waals surface area contributed by atoms with Crippen molar-refractivity contribution in [1.29, 1.82) is 0 Å². The molecule has 0 aromatic carbocycles. The van der Waals surface area contributed by atoms with Gasteiger partial charge in [-0.25, -0.2) is 0 Å². The fraction of sp³-hybridized carbons (Fsp3) is 0.818. The Morgan fingerprint density at radius 1 is 1.38 bits per heavy atom. The molecule has 1 aliphatic rings. The van der Waals surface area contributed by atoms with Crippen LogP contribution in [0, 0.1) is 11.8 Å². The van der Waals surface area contributed by atoms with Gasteiger partial charge in [0.25, 0.3) is 0 Å². The summed E-state index contributed by atoms with van der Waals surface area (Å²) in [5, 5.41) is 15.2. The number of aliphatic carboxylic acids is 1. The highest BCUT2D eigenvalue weighted by Gasteiger charge is 2.33. The van der Waals surface area contributed by atoms with Crippen molar-refractivity contribution in [1.82, 2.24) is 10.6 Å². The molecule has 16 heavy (non-hydrogen) atoms. The van der Waals surface area contributed by atoms with Crippen LogP contribution in [0.15, 0.2) is 0 Å². The van der Waals surface area contributed by atoms with Gasteiger partial charge in [0.1, 0.15) is 5.92 Å². The monoisotopic (exact) mass is 228 g/mol. The van der Waals surface area contributed by atoms with Crippen LogP contribution in [0.25, 0.3) is 0 Å². The second-order valence-corrected chi connectivity index (χ2v) is 4.63. The standard InChI is InChI=1S/C11H20N2O3/c1-7(2)5-8(11(15)16)10(14)9-6-12-3-4-13-9/h7-9,12-13H,3-6H2,1-2H3,(H,15,16)/t8-,9+/m1/s1. The van der Waals surface area contributed by atoms with Gasteiger partial charge < -0.3 is 15.7 Å². The number of piperazine rings is 1. The van der Waals surface area contributed by atoms with E-state index in [2.05, 4.69) is 10.6 Å². The molecule has 0 saturated carbocycles. The zero-order chi connectivity index (χ0) is 12.1. The third kappa shape index (κ3) is 3.57. The summed E-state index contributed by atoms with van der Waals surface area (Å²) in [6.07, 6.45) is 0.409. The van der Waals surface area contributed by atoms with Crippen LogP contribution in [0.1, 0.15) is 20.3 Å². The zero-order valence-corrected chi connectivity index (χ0v) is 9.82. The number of carboxylic acids is 1. The Morgan fingerprint density at radius 2 is 2.06 bits per heavy atom.